The average molecular weight is 489 g/mol. The number of fused-ring (bicyclic) bond motifs is 1. The van der Waals surface area contributed by atoms with E-state index in [0.29, 0.717) is 30.3 Å². The van der Waals surface area contributed by atoms with Crippen molar-refractivity contribution in [3.63, 3.8) is 0 Å². The molecule has 6 nitrogen and oxygen atoms in total. The lowest BCUT2D eigenvalue weighted by Gasteiger charge is -2.49. The maximum Gasteiger partial charge on any atom is 0.340 e. The van der Waals surface area contributed by atoms with Gasteiger partial charge in [-0.25, -0.2) is 9.69 Å². The van der Waals surface area contributed by atoms with E-state index in [-0.39, 0.29) is 35.6 Å². The van der Waals surface area contributed by atoms with Crippen molar-refractivity contribution in [1.29, 1.82) is 0 Å². The first-order chi connectivity index (χ1) is 17.4. The van der Waals surface area contributed by atoms with E-state index in [1.165, 1.54) is 31.2 Å². The fraction of sp³-hybridized carbons (Fsp3) is 0.500. The first-order valence-electron chi connectivity index (χ1n) is 13.4. The highest BCUT2D eigenvalue weighted by atomic mass is 16.5. The van der Waals surface area contributed by atoms with Gasteiger partial charge in [-0.15, -0.1) is 0 Å². The Bertz CT molecular complexity index is 1120. The molecule has 0 N–H and O–H groups in total. The van der Waals surface area contributed by atoms with Crippen LogP contribution in [0.2, 0.25) is 0 Å². The van der Waals surface area contributed by atoms with Gasteiger partial charge in [-0.1, -0.05) is 62.2 Å². The summed E-state index contributed by atoms with van der Waals surface area (Å²) in [5.41, 5.74) is 1.92. The molecule has 3 aliphatic rings. The van der Waals surface area contributed by atoms with Gasteiger partial charge in [-0.3, -0.25) is 14.5 Å². The number of carbonyl (C=O) groups excluding carboxylic acids is 3. The molecular weight excluding hydrogens is 452 g/mol. The van der Waals surface area contributed by atoms with Crippen LogP contribution in [0.25, 0.3) is 0 Å². The van der Waals surface area contributed by atoms with Crippen LogP contribution in [0.15, 0.2) is 54.6 Å². The van der Waals surface area contributed by atoms with Gasteiger partial charge in [0, 0.05) is 36.9 Å². The van der Waals surface area contributed by atoms with Crippen LogP contribution < -0.4 is 4.90 Å². The van der Waals surface area contributed by atoms with E-state index >= 15 is 0 Å². The first kappa shape index (κ1) is 24.7. The van der Waals surface area contributed by atoms with Gasteiger partial charge in [0.05, 0.1) is 17.9 Å². The number of nitrogens with zero attached hydrogens (tertiary/aromatic N) is 2. The van der Waals surface area contributed by atoms with Crippen LogP contribution >= 0.6 is 0 Å². The second-order valence-corrected chi connectivity index (χ2v) is 10.8. The minimum atomic E-state index is -0.473. The molecule has 2 aromatic rings. The predicted octanol–water partition coefficient (Wildman–Crippen LogP) is 5.38. The third-order valence-electron chi connectivity index (χ3n) is 8.37. The zero-order chi connectivity index (χ0) is 25.2. The standard InChI is InChI=1S/C30H36N2O4/c1-20-16-28(33)32(29(20)34)27-15-9-7-13-25(27)30(35)36-19-22-17-24-12-6-8-14-26(24)31(18-22)21(2)23-10-4-3-5-11-23/h3-5,7,9-11,13,15,20-22,24,26H,6,8,12,14,16-19H2,1-2H3/t20?,21-,22-,24+,26+/m1/s1. The number of ether oxygens (including phenoxy) is 1. The zero-order valence-corrected chi connectivity index (χ0v) is 21.3. The Labute approximate surface area is 213 Å². The number of piperidine rings is 1. The number of benzene rings is 2. The summed E-state index contributed by atoms with van der Waals surface area (Å²) in [4.78, 5) is 42.1. The molecule has 0 radical (unpaired) electrons. The molecule has 3 fully saturated rings. The Morgan fingerprint density at radius 1 is 1.03 bits per heavy atom. The molecule has 1 saturated carbocycles. The molecule has 2 aromatic carbocycles. The van der Waals surface area contributed by atoms with Crippen molar-refractivity contribution < 1.29 is 19.1 Å². The number of imide groups is 1. The van der Waals surface area contributed by atoms with E-state index in [9.17, 15) is 14.4 Å². The lowest BCUT2D eigenvalue weighted by Crippen LogP contribution is -2.51. The molecular formula is C30H36N2O4. The van der Waals surface area contributed by atoms with Crippen LogP contribution in [-0.2, 0) is 14.3 Å². The lowest BCUT2D eigenvalue weighted by molar-refractivity contribution is -0.122. The Morgan fingerprint density at radius 2 is 1.75 bits per heavy atom. The molecule has 2 saturated heterocycles. The number of hydrogen-bond acceptors (Lipinski definition) is 5. The van der Waals surface area contributed by atoms with Crippen LogP contribution in [0.1, 0.15) is 74.3 Å². The number of para-hydroxylation sites is 1. The van der Waals surface area contributed by atoms with Gasteiger partial charge in [-0.2, -0.15) is 0 Å². The number of hydrogen-bond donors (Lipinski definition) is 0. The molecule has 190 valence electrons. The highest BCUT2D eigenvalue weighted by Gasteiger charge is 2.41. The molecule has 0 aromatic heterocycles. The summed E-state index contributed by atoms with van der Waals surface area (Å²) in [6, 6.07) is 18.3. The summed E-state index contributed by atoms with van der Waals surface area (Å²) in [6.45, 7) is 5.26. The normalized spacial score (nSPS) is 27.6. The van der Waals surface area contributed by atoms with Crippen LogP contribution in [0.4, 0.5) is 5.69 Å². The van der Waals surface area contributed by atoms with Crippen LogP contribution in [-0.4, -0.2) is 41.9 Å². The number of anilines is 1. The van der Waals surface area contributed by atoms with E-state index < -0.39 is 5.97 Å². The monoisotopic (exact) mass is 488 g/mol. The summed E-state index contributed by atoms with van der Waals surface area (Å²) in [7, 11) is 0. The molecule has 1 unspecified atom stereocenters. The van der Waals surface area contributed by atoms with Gasteiger partial charge in [0.25, 0.3) is 0 Å². The van der Waals surface area contributed by atoms with E-state index in [1.807, 2.05) is 0 Å². The Kier molecular flexibility index (Phi) is 7.24. The van der Waals surface area contributed by atoms with Crippen molar-refractivity contribution in [3.8, 4) is 0 Å². The first-order valence-corrected chi connectivity index (χ1v) is 13.4. The zero-order valence-electron chi connectivity index (χ0n) is 21.3. The van der Waals surface area contributed by atoms with E-state index in [0.717, 1.165) is 17.9 Å². The van der Waals surface area contributed by atoms with Crippen LogP contribution in [0.3, 0.4) is 0 Å². The summed E-state index contributed by atoms with van der Waals surface area (Å²) in [5.74, 6) is -0.503. The molecule has 2 heterocycles. The van der Waals surface area contributed by atoms with Crippen molar-refractivity contribution >= 4 is 23.5 Å². The molecule has 36 heavy (non-hydrogen) atoms. The summed E-state index contributed by atoms with van der Waals surface area (Å²) in [6.07, 6.45) is 6.25. The van der Waals surface area contributed by atoms with Crippen molar-refractivity contribution in [3.05, 3.63) is 65.7 Å². The number of esters is 1. The third kappa shape index (κ3) is 4.83. The number of amides is 2. The van der Waals surface area contributed by atoms with Gasteiger partial charge in [0.2, 0.25) is 11.8 Å². The van der Waals surface area contributed by atoms with Crippen molar-refractivity contribution in [2.75, 3.05) is 18.1 Å². The number of carbonyl (C=O) groups is 3. The van der Waals surface area contributed by atoms with Gasteiger partial charge in [0.1, 0.15) is 0 Å². The predicted molar refractivity (Wildman–Crippen MR) is 138 cm³/mol. The smallest absolute Gasteiger partial charge is 0.340 e. The minimum Gasteiger partial charge on any atom is -0.462 e. The summed E-state index contributed by atoms with van der Waals surface area (Å²) < 4.78 is 5.86. The number of likely N-dealkylation sites (tertiary alicyclic amines) is 1. The highest BCUT2D eigenvalue weighted by Crippen LogP contribution is 2.41. The summed E-state index contributed by atoms with van der Waals surface area (Å²) >= 11 is 0. The van der Waals surface area contributed by atoms with Crippen molar-refractivity contribution in [2.45, 2.75) is 64.5 Å². The third-order valence-corrected chi connectivity index (χ3v) is 8.37. The second-order valence-electron chi connectivity index (χ2n) is 10.8. The largest absolute Gasteiger partial charge is 0.462 e. The van der Waals surface area contributed by atoms with Gasteiger partial charge < -0.3 is 4.74 Å². The lowest BCUT2D eigenvalue weighted by atomic mass is 9.74. The van der Waals surface area contributed by atoms with Crippen LogP contribution in [0, 0.1) is 17.8 Å². The molecule has 1 aliphatic carbocycles. The van der Waals surface area contributed by atoms with E-state index in [1.54, 1.807) is 31.2 Å². The average Bonchev–Trinajstić information content (AvgIpc) is 3.17. The fourth-order valence-corrected chi connectivity index (χ4v) is 6.47. The van der Waals surface area contributed by atoms with Gasteiger partial charge >= 0.3 is 5.97 Å². The number of rotatable bonds is 6. The van der Waals surface area contributed by atoms with E-state index in [4.69, 9.17) is 4.74 Å². The molecule has 6 heteroatoms. The molecule has 5 atom stereocenters. The maximum atomic E-state index is 13.2. The van der Waals surface area contributed by atoms with Crippen molar-refractivity contribution in [2.24, 2.45) is 17.8 Å². The maximum absolute atomic E-state index is 13.2. The molecule has 0 bridgehead atoms. The highest BCUT2D eigenvalue weighted by molar-refractivity contribution is 6.22. The molecule has 5 rings (SSSR count). The SMILES string of the molecule is CC1CC(=O)N(c2ccccc2C(=O)OC[C@@H]2C[C@@H]3CCCC[C@@H]3N([C@H](C)c3ccccc3)C2)C1=O. The van der Waals surface area contributed by atoms with Crippen LogP contribution in [0.5, 0.6) is 0 Å². The minimum absolute atomic E-state index is 0.169. The summed E-state index contributed by atoms with van der Waals surface area (Å²) in [5, 5.41) is 0. The van der Waals surface area contributed by atoms with Crippen molar-refractivity contribution in [1.82, 2.24) is 4.90 Å². The Morgan fingerprint density at radius 3 is 2.50 bits per heavy atom. The second kappa shape index (κ2) is 10.6. The fourth-order valence-electron chi connectivity index (χ4n) is 6.47. The van der Waals surface area contributed by atoms with Gasteiger partial charge in [0.15, 0.2) is 0 Å². The molecule has 2 amide bonds. The molecule has 0 spiro atoms. The Balaban J connectivity index is 1.30. The molecule has 2 aliphatic heterocycles. The quantitative estimate of drug-likeness (QED) is 0.403. The Hall–Kier alpha value is -2.99. The van der Waals surface area contributed by atoms with Gasteiger partial charge in [-0.05, 0) is 49.8 Å². The topological polar surface area (TPSA) is 66.9 Å². The van der Waals surface area contributed by atoms with E-state index in [2.05, 4.69) is 42.2 Å².